The lowest BCUT2D eigenvalue weighted by atomic mass is 10.4. The van der Waals surface area contributed by atoms with Gasteiger partial charge >= 0.3 is 0 Å². The second-order valence-corrected chi connectivity index (χ2v) is 4.88. The molecule has 0 spiro atoms. The first kappa shape index (κ1) is 15.6. The zero-order valence-corrected chi connectivity index (χ0v) is 12.4. The van der Waals surface area contributed by atoms with Crippen LogP contribution in [0.4, 0.5) is 0 Å². The summed E-state index contributed by atoms with van der Waals surface area (Å²) in [4.78, 5) is 39.0. The van der Waals surface area contributed by atoms with E-state index in [2.05, 4.69) is 15.4 Å². The molecule has 116 valence electrons. The zero-order valence-electron chi connectivity index (χ0n) is 12.4. The zero-order chi connectivity index (χ0) is 16.1. The topological polar surface area (TPSA) is 98.9 Å². The maximum atomic E-state index is 11.8. The van der Waals surface area contributed by atoms with Crippen LogP contribution in [0.25, 0.3) is 0 Å². The van der Waals surface area contributed by atoms with Crippen molar-refractivity contribution in [2.24, 2.45) is 0 Å². The Bertz CT molecular complexity index is 794. The molecule has 0 bridgehead atoms. The van der Waals surface area contributed by atoms with Gasteiger partial charge in [0.2, 0.25) is 5.91 Å². The Hall–Kier alpha value is -2.77. The summed E-state index contributed by atoms with van der Waals surface area (Å²) in [7, 11) is 0. The van der Waals surface area contributed by atoms with Gasteiger partial charge in [0.05, 0.1) is 12.0 Å². The van der Waals surface area contributed by atoms with Gasteiger partial charge in [0.15, 0.2) is 0 Å². The minimum atomic E-state index is -0.340. The molecule has 0 atom stereocenters. The van der Waals surface area contributed by atoms with Gasteiger partial charge in [-0.15, -0.1) is 0 Å². The summed E-state index contributed by atoms with van der Waals surface area (Å²) in [6, 6.07) is 4.39. The van der Waals surface area contributed by atoms with E-state index in [1.165, 1.54) is 23.0 Å². The SMILES string of the molecule is Cc1cc(=O)n(CCNC(=O)Cn2nc(C)ccc2=O)cn1. The maximum absolute atomic E-state index is 11.8. The van der Waals surface area contributed by atoms with Crippen LogP contribution in [0.1, 0.15) is 11.4 Å². The van der Waals surface area contributed by atoms with Crippen LogP contribution < -0.4 is 16.4 Å². The van der Waals surface area contributed by atoms with E-state index in [4.69, 9.17) is 0 Å². The van der Waals surface area contributed by atoms with Crippen molar-refractivity contribution in [3.8, 4) is 0 Å². The molecule has 1 amide bonds. The van der Waals surface area contributed by atoms with Gasteiger partial charge in [0.25, 0.3) is 11.1 Å². The summed E-state index contributed by atoms with van der Waals surface area (Å²) >= 11 is 0. The highest BCUT2D eigenvalue weighted by Gasteiger charge is 2.05. The van der Waals surface area contributed by atoms with Crippen LogP contribution in [0.15, 0.2) is 34.1 Å². The van der Waals surface area contributed by atoms with Crippen LogP contribution in [0.3, 0.4) is 0 Å². The van der Waals surface area contributed by atoms with E-state index in [9.17, 15) is 14.4 Å². The lowest BCUT2D eigenvalue weighted by Crippen LogP contribution is -2.36. The number of aromatic nitrogens is 4. The van der Waals surface area contributed by atoms with Gasteiger partial charge in [0, 0.05) is 30.9 Å². The molecule has 2 heterocycles. The Morgan fingerprint density at radius 2 is 1.95 bits per heavy atom. The second-order valence-electron chi connectivity index (χ2n) is 4.88. The lowest BCUT2D eigenvalue weighted by Gasteiger charge is -2.08. The number of hydrogen-bond donors (Lipinski definition) is 1. The Balaban J connectivity index is 1.89. The molecule has 0 unspecified atom stereocenters. The third-order valence-corrected chi connectivity index (χ3v) is 2.98. The highest BCUT2D eigenvalue weighted by Crippen LogP contribution is 1.87. The van der Waals surface area contributed by atoms with Gasteiger partial charge in [-0.05, 0) is 19.9 Å². The Labute approximate surface area is 126 Å². The van der Waals surface area contributed by atoms with E-state index in [0.29, 0.717) is 17.9 Å². The molecule has 2 aromatic rings. The summed E-state index contributed by atoms with van der Waals surface area (Å²) in [5, 5.41) is 6.62. The van der Waals surface area contributed by atoms with Crippen LogP contribution >= 0.6 is 0 Å². The number of nitrogens with one attached hydrogen (secondary N) is 1. The molecular weight excluding hydrogens is 286 g/mol. The summed E-state index contributed by atoms with van der Waals surface area (Å²) in [5.74, 6) is -0.340. The predicted molar refractivity (Wildman–Crippen MR) is 79.5 cm³/mol. The van der Waals surface area contributed by atoms with Crippen molar-refractivity contribution < 1.29 is 4.79 Å². The molecule has 2 rings (SSSR count). The molecule has 22 heavy (non-hydrogen) atoms. The van der Waals surface area contributed by atoms with Crippen LogP contribution in [0.2, 0.25) is 0 Å². The van der Waals surface area contributed by atoms with Crippen molar-refractivity contribution in [2.75, 3.05) is 6.54 Å². The number of nitrogens with zero attached hydrogens (tertiary/aromatic N) is 4. The number of rotatable bonds is 5. The van der Waals surface area contributed by atoms with Crippen molar-refractivity contribution in [1.82, 2.24) is 24.6 Å². The van der Waals surface area contributed by atoms with Crippen molar-refractivity contribution in [2.45, 2.75) is 26.9 Å². The number of hydrogen-bond acceptors (Lipinski definition) is 5. The molecule has 0 saturated heterocycles. The summed E-state index contributed by atoms with van der Waals surface area (Å²) in [6.07, 6.45) is 1.44. The molecule has 0 aliphatic rings. The van der Waals surface area contributed by atoms with Gasteiger partial charge in [0.1, 0.15) is 6.54 Å². The van der Waals surface area contributed by atoms with E-state index in [-0.39, 0.29) is 30.1 Å². The molecule has 8 nitrogen and oxygen atoms in total. The lowest BCUT2D eigenvalue weighted by molar-refractivity contribution is -0.121. The van der Waals surface area contributed by atoms with Gasteiger partial charge < -0.3 is 5.32 Å². The van der Waals surface area contributed by atoms with Crippen molar-refractivity contribution in [3.05, 3.63) is 56.6 Å². The predicted octanol–water partition coefficient (Wildman–Crippen LogP) is -0.767. The fraction of sp³-hybridized carbons (Fsp3) is 0.357. The molecule has 8 heteroatoms. The minimum Gasteiger partial charge on any atom is -0.353 e. The highest BCUT2D eigenvalue weighted by atomic mass is 16.2. The molecule has 0 fully saturated rings. The average molecular weight is 303 g/mol. The van der Waals surface area contributed by atoms with E-state index in [1.54, 1.807) is 19.9 Å². The van der Waals surface area contributed by atoms with Gasteiger partial charge in [-0.3, -0.25) is 19.0 Å². The van der Waals surface area contributed by atoms with Crippen molar-refractivity contribution in [1.29, 1.82) is 0 Å². The standard InChI is InChI=1S/C14H17N5O3/c1-10-3-4-13(21)19(17-10)8-12(20)15-5-6-18-9-16-11(2)7-14(18)22/h3-4,7,9H,5-6,8H2,1-2H3,(H,15,20). The fourth-order valence-corrected chi connectivity index (χ4v) is 1.86. The van der Waals surface area contributed by atoms with Crippen molar-refractivity contribution >= 4 is 5.91 Å². The average Bonchev–Trinajstić information content (AvgIpc) is 2.45. The Morgan fingerprint density at radius 3 is 2.68 bits per heavy atom. The first-order valence-corrected chi connectivity index (χ1v) is 6.80. The molecule has 1 N–H and O–H groups in total. The summed E-state index contributed by atoms with van der Waals surface area (Å²) in [6.45, 7) is 3.91. The van der Waals surface area contributed by atoms with E-state index < -0.39 is 0 Å². The summed E-state index contributed by atoms with van der Waals surface area (Å²) in [5.41, 5.74) is 0.804. The van der Waals surface area contributed by atoms with Crippen LogP contribution in [0.5, 0.6) is 0 Å². The van der Waals surface area contributed by atoms with E-state index in [0.717, 1.165) is 4.68 Å². The quantitative estimate of drug-likeness (QED) is 0.782. The number of amides is 1. The van der Waals surface area contributed by atoms with Gasteiger partial charge in [-0.1, -0.05) is 0 Å². The number of carbonyl (C=O) groups excluding carboxylic acids is 1. The smallest absolute Gasteiger partial charge is 0.267 e. The molecule has 0 saturated carbocycles. The molecule has 0 aliphatic heterocycles. The Kier molecular flexibility index (Phi) is 4.82. The highest BCUT2D eigenvalue weighted by molar-refractivity contribution is 5.75. The monoisotopic (exact) mass is 303 g/mol. The third-order valence-electron chi connectivity index (χ3n) is 2.98. The largest absolute Gasteiger partial charge is 0.353 e. The summed E-state index contributed by atoms with van der Waals surface area (Å²) < 4.78 is 2.51. The molecule has 0 aromatic carbocycles. The number of aryl methyl sites for hydroxylation is 2. The van der Waals surface area contributed by atoms with Crippen LogP contribution in [0, 0.1) is 13.8 Å². The molecule has 2 aromatic heterocycles. The molecule has 0 radical (unpaired) electrons. The third kappa shape index (κ3) is 4.11. The normalized spacial score (nSPS) is 10.5. The number of carbonyl (C=O) groups is 1. The maximum Gasteiger partial charge on any atom is 0.267 e. The molecular formula is C14H17N5O3. The first-order valence-electron chi connectivity index (χ1n) is 6.80. The van der Waals surface area contributed by atoms with Crippen LogP contribution in [-0.4, -0.2) is 31.8 Å². The first-order chi connectivity index (χ1) is 10.5. The van der Waals surface area contributed by atoms with E-state index >= 15 is 0 Å². The Morgan fingerprint density at radius 1 is 1.18 bits per heavy atom. The van der Waals surface area contributed by atoms with E-state index in [1.807, 2.05) is 0 Å². The second kappa shape index (κ2) is 6.79. The molecule has 0 aliphatic carbocycles. The van der Waals surface area contributed by atoms with Gasteiger partial charge in [-0.2, -0.15) is 5.10 Å². The van der Waals surface area contributed by atoms with Crippen molar-refractivity contribution in [3.63, 3.8) is 0 Å². The fourth-order valence-electron chi connectivity index (χ4n) is 1.86. The minimum absolute atomic E-state index is 0.151. The van der Waals surface area contributed by atoms with Crippen LogP contribution in [-0.2, 0) is 17.9 Å². The van der Waals surface area contributed by atoms with Gasteiger partial charge in [-0.25, -0.2) is 9.67 Å².